The van der Waals surface area contributed by atoms with Gasteiger partial charge in [-0.15, -0.1) is 0 Å². The van der Waals surface area contributed by atoms with Gasteiger partial charge in [0.15, 0.2) is 0 Å². The smallest absolute Gasteiger partial charge is 0.109 e. The molecule has 1 N–H and O–H groups in total. The Bertz CT molecular complexity index is 587. The lowest BCUT2D eigenvalue weighted by atomic mass is 9.85. The molecule has 1 saturated heterocycles. The third-order valence-corrected chi connectivity index (χ3v) is 4.91. The van der Waals surface area contributed by atoms with Crippen LogP contribution in [0.5, 0.6) is 0 Å². The Morgan fingerprint density at radius 2 is 2.19 bits per heavy atom. The van der Waals surface area contributed by atoms with Gasteiger partial charge in [0.05, 0.1) is 11.0 Å². The topological polar surface area (TPSA) is 29.9 Å². The van der Waals surface area contributed by atoms with E-state index in [0.717, 1.165) is 36.7 Å². The van der Waals surface area contributed by atoms with Crippen LogP contribution in [-0.2, 0) is 13.0 Å². The quantitative estimate of drug-likeness (QED) is 0.909. The predicted octanol–water partition coefficient (Wildman–Crippen LogP) is 3.62. The van der Waals surface area contributed by atoms with Crippen molar-refractivity contribution in [2.45, 2.75) is 46.1 Å². The van der Waals surface area contributed by atoms with Crippen LogP contribution < -0.4 is 5.32 Å². The van der Waals surface area contributed by atoms with Crippen molar-refractivity contribution in [1.29, 1.82) is 0 Å². The van der Waals surface area contributed by atoms with E-state index < -0.39 is 0 Å². The molecule has 2 unspecified atom stereocenters. The number of nitrogens with one attached hydrogen (secondary N) is 1. The molecule has 0 aliphatic carbocycles. The molecule has 1 aromatic carbocycles. The van der Waals surface area contributed by atoms with Gasteiger partial charge in [0, 0.05) is 13.0 Å². The molecule has 3 heteroatoms. The number of aryl methyl sites for hydroxylation is 2. The molecule has 1 aliphatic heterocycles. The zero-order valence-electron chi connectivity index (χ0n) is 13.3. The maximum absolute atomic E-state index is 4.88. The number of fused-ring (bicyclic) bond motifs is 1. The number of rotatable bonds is 5. The molecule has 1 aliphatic rings. The van der Waals surface area contributed by atoms with Crippen LogP contribution in [0.3, 0.4) is 0 Å². The fourth-order valence-electron chi connectivity index (χ4n) is 3.54. The molecule has 3 rings (SSSR count). The van der Waals surface area contributed by atoms with Crippen LogP contribution in [0.2, 0.25) is 0 Å². The first-order chi connectivity index (χ1) is 10.3. The monoisotopic (exact) mass is 285 g/mol. The fraction of sp³-hybridized carbons (Fsp3) is 0.611. The van der Waals surface area contributed by atoms with Gasteiger partial charge in [0.2, 0.25) is 0 Å². The Hall–Kier alpha value is -1.35. The lowest BCUT2D eigenvalue weighted by Crippen LogP contribution is -2.35. The minimum absolute atomic E-state index is 0.800. The molecule has 2 aromatic rings. The molecule has 3 nitrogen and oxygen atoms in total. The van der Waals surface area contributed by atoms with Gasteiger partial charge in [-0.3, -0.25) is 0 Å². The summed E-state index contributed by atoms with van der Waals surface area (Å²) < 4.78 is 2.43. The first-order valence-corrected chi connectivity index (χ1v) is 8.44. The summed E-state index contributed by atoms with van der Waals surface area (Å²) in [5.74, 6) is 2.92. The van der Waals surface area contributed by atoms with Gasteiger partial charge in [-0.05, 0) is 56.3 Å². The summed E-state index contributed by atoms with van der Waals surface area (Å²) in [5, 5.41) is 3.54. The second-order valence-electron chi connectivity index (χ2n) is 6.44. The number of aromatic nitrogens is 2. The summed E-state index contributed by atoms with van der Waals surface area (Å²) in [7, 11) is 0. The van der Waals surface area contributed by atoms with Crippen LogP contribution in [-0.4, -0.2) is 22.6 Å². The van der Waals surface area contributed by atoms with Crippen molar-refractivity contribution >= 4 is 11.0 Å². The molecule has 2 atom stereocenters. The van der Waals surface area contributed by atoms with E-state index in [0.29, 0.717) is 0 Å². The van der Waals surface area contributed by atoms with E-state index in [4.69, 9.17) is 4.98 Å². The molecule has 0 radical (unpaired) electrons. The normalized spacial score (nSPS) is 22.8. The largest absolute Gasteiger partial charge is 0.328 e. The van der Waals surface area contributed by atoms with Crippen LogP contribution in [0, 0.1) is 11.8 Å². The van der Waals surface area contributed by atoms with Crippen molar-refractivity contribution in [3.63, 3.8) is 0 Å². The van der Waals surface area contributed by atoms with Crippen molar-refractivity contribution in [2.24, 2.45) is 11.8 Å². The Labute approximate surface area is 127 Å². The van der Waals surface area contributed by atoms with Gasteiger partial charge in [-0.2, -0.15) is 0 Å². The second-order valence-corrected chi connectivity index (χ2v) is 6.44. The first kappa shape index (κ1) is 14.6. The molecule has 0 saturated carbocycles. The Morgan fingerprint density at radius 1 is 1.33 bits per heavy atom. The summed E-state index contributed by atoms with van der Waals surface area (Å²) in [4.78, 5) is 4.88. The summed E-state index contributed by atoms with van der Waals surface area (Å²) in [6.07, 6.45) is 4.83. The maximum Gasteiger partial charge on any atom is 0.109 e. The zero-order chi connectivity index (χ0) is 14.7. The molecule has 114 valence electrons. The summed E-state index contributed by atoms with van der Waals surface area (Å²) >= 11 is 0. The van der Waals surface area contributed by atoms with Gasteiger partial charge < -0.3 is 9.88 Å². The standard InChI is InChI=1S/C18H27N3/c1-3-12-21-17-7-5-4-6-16(17)20-18(21)9-8-15-13-19-11-10-14(15)2/h4-7,14-15,19H,3,8-13H2,1-2H3. The van der Waals surface area contributed by atoms with Crippen molar-refractivity contribution in [2.75, 3.05) is 13.1 Å². The number of nitrogens with zero attached hydrogens (tertiary/aromatic N) is 2. The van der Waals surface area contributed by atoms with E-state index in [-0.39, 0.29) is 0 Å². The second kappa shape index (κ2) is 6.61. The van der Waals surface area contributed by atoms with E-state index in [9.17, 15) is 0 Å². The fourth-order valence-corrected chi connectivity index (χ4v) is 3.54. The Kier molecular flexibility index (Phi) is 4.59. The van der Waals surface area contributed by atoms with E-state index in [1.54, 1.807) is 0 Å². The summed E-state index contributed by atoms with van der Waals surface area (Å²) in [5.41, 5.74) is 2.44. The summed E-state index contributed by atoms with van der Waals surface area (Å²) in [6.45, 7) is 8.09. The van der Waals surface area contributed by atoms with Gasteiger partial charge in [0.25, 0.3) is 0 Å². The number of imidazole rings is 1. The third-order valence-electron chi connectivity index (χ3n) is 4.91. The van der Waals surface area contributed by atoms with Crippen LogP contribution >= 0.6 is 0 Å². The Balaban J connectivity index is 1.77. The molecule has 0 spiro atoms. The Morgan fingerprint density at radius 3 is 3.00 bits per heavy atom. The van der Waals surface area contributed by atoms with Crippen molar-refractivity contribution in [3.8, 4) is 0 Å². The third kappa shape index (κ3) is 3.13. The molecule has 2 heterocycles. The number of benzene rings is 1. The van der Waals surface area contributed by atoms with Gasteiger partial charge in [-0.25, -0.2) is 4.98 Å². The van der Waals surface area contributed by atoms with Crippen LogP contribution in [0.4, 0.5) is 0 Å². The average Bonchev–Trinajstić information content (AvgIpc) is 2.85. The van der Waals surface area contributed by atoms with E-state index in [1.165, 1.54) is 37.3 Å². The number of para-hydroxylation sites is 2. The van der Waals surface area contributed by atoms with Crippen molar-refractivity contribution < 1.29 is 0 Å². The van der Waals surface area contributed by atoms with Crippen LogP contribution in [0.1, 0.15) is 38.9 Å². The van der Waals surface area contributed by atoms with E-state index in [1.807, 2.05) is 0 Å². The van der Waals surface area contributed by atoms with Gasteiger partial charge in [-0.1, -0.05) is 26.0 Å². The number of piperidine rings is 1. The molecule has 1 fully saturated rings. The minimum atomic E-state index is 0.800. The number of hydrogen-bond donors (Lipinski definition) is 1. The van der Waals surface area contributed by atoms with E-state index in [2.05, 4.69) is 48.0 Å². The summed E-state index contributed by atoms with van der Waals surface area (Å²) in [6, 6.07) is 8.54. The molecule has 0 bridgehead atoms. The molecular weight excluding hydrogens is 258 g/mol. The first-order valence-electron chi connectivity index (χ1n) is 8.44. The lowest BCUT2D eigenvalue weighted by Gasteiger charge is -2.29. The molecule has 0 amide bonds. The molecular formula is C18H27N3. The maximum atomic E-state index is 4.88. The lowest BCUT2D eigenvalue weighted by molar-refractivity contribution is 0.258. The molecule has 1 aromatic heterocycles. The highest BCUT2D eigenvalue weighted by Crippen LogP contribution is 2.24. The zero-order valence-corrected chi connectivity index (χ0v) is 13.3. The van der Waals surface area contributed by atoms with Crippen LogP contribution in [0.15, 0.2) is 24.3 Å². The minimum Gasteiger partial charge on any atom is -0.328 e. The van der Waals surface area contributed by atoms with Gasteiger partial charge in [0.1, 0.15) is 5.82 Å². The van der Waals surface area contributed by atoms with Gasteiger partial charge >= 0.3 is 0 Å². The molecule has 21 heavy (non-hydrogen) atoms. The van der Waals surface area contributed by atoms with Crippen molar-refractivity contribution in [1.82, 2.24) is 14.9 Å². The van der Waals surface area contributed by atoms with Crippen molar-refractivity contribution in [3.05, 3.63) is 30.1 Å². The number of hydrogen-bond acceptors (Lipinski definition) is 2. The highest BCUT2D eigenvalue weighted by atomic mass is 15.1. The SMILES string of the molecule is CCCn1c(CCC2CNCCC2C)nc2ccccc21. The highest BCUT2D eigenvalue weighted by Gasteiger charge is 2.21. The van der Waals surface area contributed by atoms with E-state index >= 15 is 0 Å². The predicted molar refractivity (Wildman–Crippen MR) is 88.5 cm³/mol. The van der Waals surface area contributed by atoms with Crippen LogP contribution in [0.25, 0.3) is 11.0 Å². The highest BCUT2D eigenvalue weighted by molar-refractivity contribution is 5.75. The average molecular weight is 285 g/mol.